The number of hydrogen-bond acceptors (Lipinski definition) is 4. The third kappa shape index (κ3) is 3.93. The highest BCUT2D eigenvalue weighted by molar-refractivity contribution is 7.09. The van der Waals surface area contributed by atoms with Crippen molar-refractivity contribution in [2.45, 2.75) is 51.1 Å². The molecule has 1 atom stereocenters. The third-order valence-electron chi connectivity index (χ3n) is 3.89. The first kappa shape index (κ1) is 15.8. The third-order valence-corrected chi connectivity index (χ3v) is 4.92. The maximum Gasteiger partial charge on any atom is 0.355 e. The number of carboxylic acids is 1. The molecule has 6 nitrogen and oxygen atoms in total. The Morgan fingerprint density at radius 1 is 1.43 bits per heavy atom. The van der Waals surface area contributed by atoms with Gasteiger partial charge in [0.1, 0.15) is 5.01 Å². The quantitative estimate of drug-likeness (QED) is 0.895. The van der Waals surface area contributed by atoms with Gasteiger partial charge >= 0.3 is 12.0 Å². The van der Waals surface area contributed by atoms with Crippen molar-refractivity contribution in [2.24, 2.45) is 0 Å². The number of nitrogens with one attached hydrogen (secondary N) is 1. The van der Waals surface area contributed by atoms with Gasteiger partial charge in [0, 0.05) is 18.5 Å². The molecule has 116 valence electrons. The van der Waals surface area contributed by atoms with Crippen LogP contribution in [0.1, 0.15) is 60.6 Å². The second-order valence-electron chi connectivity index (χ2n) is 5.45. The van der Waals surface area contributed by atoms with Gasteiger partial charge in [0.05, 0.1) is 6.04 Å². The first-order chi connectivity index (χ1) is 9.99. The summed E-state index contributed by atoms with van der Waals surface area (Å²) in [7, 11) is 1.82. The summed E-state index contributed by atoms with van der Waals surface area (Å²) in [5.74, 6) is -1.05. The van der Waals surface area contributed by atoms with Crippen LogP contribution in [0.15, 0.2) is 5.38 Å². The Kier molecular flexibility index (Phi) is 5.17. The van der Waals surface area contributed by atoms with Crippen molar-refractivity contribution in [3.63, 3.8) is 0 Å². The van der Waals surface area contributed by atoms with Crippen molar-refractivity contribution in [3.05, 3.63) is 16.1 Å². The highest BCUT2D eigenvalue weighted by Crippen LogP contribution is 2.23. The van der Waals surface area contributed by atoms with E-state index in [1.54, 1.807) is 4.90 Å². The number of hydrogen-bond donors (Lipinski definition) is 2. The fourth-order valence-corrected chi connectivity index (χ4v) is 3.37. The molecule has 21 heavy (non-hydrogen) atoms. The van der Waals surface area contributed by atoms with Crippen LogP contribution in [0.5, 0.6) is 0 Å². The average Bonchev–Trinajstić information content (AvgIpc) is 2.97. The molecule has 0 aromatic carbocycles. The van der Waals surface area contributed by atoms with Crippen LogP contribution in [-0.2, 0) is 0 Å². The minimum Gasteiger partial charge on any atom is -0.476 e. The highest BCUT2D eigenvalue weighted by atomic mass is 32.1. The molecular formula is C14H21N3O3S. The van der Waals surface area contributed by atoms with Crippen LogP contribution in [0.2, 0.25) is 0 Å². The average molecular weight is 311 g/mol. The predicted molar refractivity (Wildman–Crippen MR) is 80.7 cm³/mol. The van der Waals surface area contributed by atoms with Crippen LogP contribution in [0.25, 0.3) is 0 Å². The van der Waals surface area contributed by atoms with Crippen molar-refractivity contribution < 1.29 is 14.7 Å². The minimum atomic E-state index is -1.05. The van der Waals surface area contributed by atoms with E-state index in [0.29, 0.717) is 11.0 Å². The SMILES string of the molecule is CC(NC(=O)N(C)C1CCCCC1)c1nc(C(=O)O)cs1. The van der Waals surface area contributed by atoms with Crippen molar-refractivity contribution in [1.82, 2.24) is 15.2 Å². The maximum atomic E-state index is 12.2. The summed E-state index contributed by atoms with van der Waals surface area (Å²) >= 11 is 1.25. The first-order valence-electron chi connectivity index (χ1n) is 7.21. The minimum absolute atomic E-state index is 0.0248. The number of carbonyl (C=O) groups is 2. The molecule has 1 aliphatic rings. The molecule has 7 heteroatoms. The van der Waals surface area contributed by atoms with Gasteiger partial charge < -0.3 is 15.3 Å². The van der Waals surface area contributed by atoms with Crippen LogP contribution >= 0.6 is 11.3 Å². The molecule has 0 saturated heterocycles. The summed E-state index contributed by atoms with van der Waals surface area (Å²) in [6, 6.07) is -0.111. The molecule has 0 radical (unpaired) electrons. The van der Waals surface area contributed by atoms with Gasteiger partial charge in [0.15, 0.2) is 5.69 Å². The van der Waals surface area contributed by atoms with Crippen molar-refractivity contribution >= 4 is 23.3 Å². The van der Waals surface area contributed by atoms with E-state index in [1.807, 2.05) is 14.0 Å². The van der Waals surface area contributed by atoms with E-state index in [4.69, 9.17) is 5.11 Å². The van der Waals surface area contributed by atoms with Gasteiger partial charge in [-0.3, -0.25) is 0 Å². The molecule has 2 rings (SSSR count). The van der Waals surface area contributed by atoms with Gasteiger partial charge in [-0.2, -0.15) is 0 Å². The second kappa shape index (κ2) is 6.89. The number of urea groups is 1. The first-order valence-corrected chi connectivity index (χ1v) is 8.09. The van der Waals surface area contributed by atoms with Gasteiger partial charge in [-0.15, -0.1) is 11.3 Å². The van der Waals surface area contributed by atoms with Gasteiger partial charge in [-0.05, 0) is 19.8 Å². The largest absolute Gasteiger partial charge is 0.476 e. The Balaban J connectivity index is 1.92. The summed E-state index contributed by atoms with van der Waals surface area (Å²) in [4.78, 5) is 28.9. The fraction of sp³-hybridized carbons (Fsp3) is 0.643. The molecule has 1 aromatic heterocycles. The summed E-state index contributed by atoms with van der Waals surface area (Å²) in [6.07, 6.45) is 5.70. The summed E-state index contributed by atoms with van der Waals surface area (Å²) in [5, 5.41) is 13.9. The van der Waals surface area contributed by atoms with E-state index in [2.05, 4.69) is 10.3 Å². The molecular weight excluding hydrogens is 290 g/mol. The number of thiazole rings is 1. The lowest BCUT2D eigenvalue weighted by atomic mass is 9.95. The molecule has 0 bridgehead atoms. The normalized spacial score (nSPS) is 17.2. The second-order valence-corrected chi connectivity index (χ2v) is 6.34. The van der Waals surface area contributed by atoms with Gasteiger partial charge in [0.2, 0.25) is 0 Å². The molecule has 2 N–H and O–H groups in total. The Morgan fingerprint density at radius 2 is 2.10 bits per heavy atom. The number of aromatic nitrogens is 1. The predicted octanol–water partition coefficient (Wildman–Crippen LogP) is 2.88. The lowest BCUT2D eigenvalue weighted by molar-refractivity contribution is 0.0691. The van der Waals surface area contributed by atoms with Crippen molar-refractivity contribution in [1.29, 1.82) is 0 Å². The summed E-state index contributed by atoms with van der Waals surface area (Å²) in [6.45, 7) is 1.82. The van der Waals surface area contributed by atoms with Crippen molar-refractivity contribution in [3.8, 4) is 0 Å². The molecule has 1 aliphatic carbocycles. The number of aromatic carboxylic acids is 1. The van der Waals surface area contributed by atoms with Crippen LogP contribution in [0.4, 0.5) is 4.79 Å². The van der Waals surface area contributed by atoms with E-state index >= 15 is 0 Å². The number of amides is 2. The summed E-state index contributed by atoms with van der Waals surface area (Å²) < 4.78 is 0. The number of rotatable bonds is 4. The molecule has 0 aliphatic heterocycles. The fourth-order valence-electron chi connectivity index (χ4n) is 2.57. The summed E-state index contributed by atoms with van der Waals surface area (Å²) in [5.41, 5.74) is 0.0248. The van der Waals surface area contributed by atoms with Crippen LogP contribution in [0, 0.1) is 0 Å². The standard InChI is InChI=1S/C14H21N3O3S/c1-9(12-16-11(8-21-12)13(18)19)15-14(20)17(2)10-6-4-3-5-7-10/h8-10H,3-7H2,1-2H3,(H,15,20)(H,18,19). The van der Waals surface area contributed by atoms with E-state index in [1.165, 1.54) is 36.0 Å². The monoisotopic (exact) mass is 311 g/mol. The Hall–Kier alpha value is -1.63. The van der Waals surface area contributed by atoms with E-state index < -0.39 is 5.97 Å². The molecule has 1 aromatic rings. The number of nitrogens with zero attached hydrogens (tertiary/aromatic N) is 2. The zero-order chi connectivity index (χ0) is 15.4. The highest BCUT2D eigenvalue weighted by Gasteiger charge is 2.24. The molecule has 1 unspecified atom stereocenters. The number of carbonyl (C=O) groups excluding carboxylic acids is 1. The van der Waals surface area contributed by atoms with Gasteiger partial charge in [-0.25, -0.2) is 14.6 Å². The van der Waals surface area contributed by atoms with Crippen LogP contribution in [-0.4, -0.2) is 40.1 Å². The molecule has 2 amide bonds. The smallest absolute Gasteiger partial charge is 0.355 e. The van der Waals surface area contributed by atoms with Crippen LogP contribution < -0.4 is 5.32 Å². The molecule has 1 heterocycles. The maximum absolute atomic E-state index is 12.2. The van der Waals surface area contributed by atoms with Crippen LogP contribution in [0.3, 0.4) is 0 Å². The molecule has 1 saturated carbocycles. The van der Waals surface area contributed by atoms with E-state index in [-0.39, 0.29) is 17.8 Å². The topological polar surface area (TPSA) is 82.5 Å². The van der Waals surface area contributed by atoms with Gasteiger partial charge in [-0.1, -0.05) is 19.3 Å². The zero-order valence-electron chi connectivity index (χ0n) is 12.3. The lowest BCUT2D eigenvalue weighted by Crippen LogP contribution is -2.45. The van der Waals surface area contributed by atoms with Gasteiger partial charge in [0.25, 0.3) is 0 Å². The molecule has 1 fully saturated rings. The zero-order valence-corrected chi connectivity index (χ0v) is 13.2. The van der Waals surface area contributed by atoms with E-state index in [0.717, 1.165) is 12.8 Å². The lowest BCUT2D eigenvalue weighted by Gasteiger charge is -2.32. The Morgan fingerprint density at radius 3 is 2.67 bits per heavy atom. The molecule has 0 spiro atoms. The Bertz CT molecular complexity index is 511. The van der Waals surface area contributed by atoms with E-state index in [9.17, 15) is 9.59 Å². The van der Waals surface area contributed by atoms with Crippen molar-refractivity contribution in [2.75, 3.05) is 7.05 Å². The Labute approximate surface area is 128 Å². The number of carboxylic acid groups (broad SMARTS) is 1.